The second-order valence-corrected chi connectivity index (χ2v) is 8.46. The number of esters is 1. The number of aromatic hydroxyl groups is 1. The summed E-state index contributed by atoms with van der Waals surface area (Å²) in [5.74, 6) is 1.08. The SMILES string of the molecule is CCOC(=O)c1c(N2CCSc3ccccc3C2)oc(C=C2C=Nc3ncccc32)c1O. The van der Waals surface area contributed by atoms with Crippen molar-refractivity contribution in [3.8, 4) is 5.75 Å². The zero-order valence-corrected chi connectivity index (χ0v) is 18.3. The number of anilines is 1. The highest BCUT2D eigenvalue weighted by Crippen LogP contribution is 2.41. The highest BCUT2D eigenvalue weighted by Gasteiger charge is 2.31. The Balaban J connectivity index is 1.58. The van der Waals surface area contributed by atoms with E-state index in [0.717, 1.165) is 22.5 Å². The lowest BCUT2D eigenvalue weighted by Gasteiger charge is -2.20. The van der Waals surface area contributed by atoms with Gasteiger partial charge in [0.2, 0.25) is 5.88 Å². The number of thioether (sulfide) groups is 1. The number of furan rings is 1. The standard InChI is InChI=1S/C24H21N3O4S/c1-2-30-24(29)20-21(28)18(12-16-13-26-22-17(16)7-5-9-25-22)31-23(20)27-10-11-32-19-8-4-3-6-15(19)14-27/h3-9,12-13,28H,2,10-11,14H2,1H3. The highest BCUT2D eigenvalue weighted by atomic mass is 32.2. The molecule has 5 rings (SSSR count). The number of aliphatic imine (C=N–C) groups is 1. The van der Waals surface area contributed by atoms with Crippen LogP contribution in [0.5, 0.6) is 5.75 Å². The summed E-state index contributed by atoms with van der Waals surface area (Å²) in [7, 11) is 0. The summed E-state index contributed by atoms with van der Waals surface area (Å²) >= 11 is 1.76. The topological polar surface area (TPSA) is 88.2 Å². The van der Waals surface area contributed by atoms with Crippen LogP contribution in [0.25, 0.3) is 11.6 Å². The molecular formula is C24H21N3O4S. The van der Waals surface area contributed by atoms with Crippen LogP contribution in [-0.2, 0) is 11.3 Å². The van der Waals surface area contributed by atoms with Crippen LogP contribution in [0.15, 0.2) is 56.9 Å². The van der Waals surface area contributed by atoms with Gasteiger partial charge in [-0.15, -0.1) is 11.8 Å². The van der Waals surface area contributed by atoms with Gasteiger partial charge in [0.1, 0.15) is 0 Å². The van der Waals surface area contributed by atoms with Crippen LogP contribution in [0.4, 0.5) is 11.7 Å². The fourth-order valence-corrected chi connectivity index (χ4v) is 4.84. The molecule has 7 nitrogen and oxygen atoms in total. The van der Waals surface area contributed by atoms with Crippen LogP contribution in [0.2, 0.25) is 0 Å². The number of hydrogen-bond acceptors (Lipinski definition) is 8. The van der Waals surface area contributed by atoms with Crippen molar-refractivity contribution in [2.45, 2.75) is 18.4 Å². The van der Waals surface area contributed by atoms with Crippen molar-refractivity contribution < 1.29 is 19.1 Å². The molecule has 2 aliphatic heterocycles. The Hall–Kier alpha value is -3.52. The summed E-state index contributed by atoms with van der Waals surface area (Å²) in [6.45, 7) is 3.15. The van der Waals surface area contributed by atoms with Gasteiger partial charge < -0.3 is 19.2 Å². The number of carbonyl (C=O) groups is 1. The van der Waals surface area contributed by atoms with E-state index in [2.05, 4.69) is 22.1 Å². The van der Waals surface area contributed by atoms with Crippen LogP contribution in [0.3, 0.4) is 0 Å². The van der Waals surface area contributed by atoms with Crippen molar-refractivity contribution in [2.24, 2.45) is 4.99 Å². The molecule has 0 unspecified atom stereocenters. The van der Waals surface area contributed by atoms with Crippen LogP contribution in [0, 0.1) is 0 Å². The van der Waals surface area contributed by atoms with Gasteiger partial charge in [0.05, 0.1) is 6.61 Å². The average Bonchev–Trinajstić information content (AvgIpc) is 3.27. The van der Waals surface area contributed by atoms with Crippen molar-refractivity contribution in [1.82, 2.24) is 4.98 Å². The number of benzene rings is 1. The Labute approximate surface area is 189 Å². The van der Waals surface area contributed by atoms with Crippen molar-refractivity contribution in [3.05, 3.63) is 65.0 Å². The largest absolute Gasteiger partial charge is 0.504 e. The van der Waals surface area contributed by atoms with E-state index in [1.54, 1.807) is 37.2 Å². The molecule has 162 valence electrons. The molecule has 0 radical (unpaired) electrons. The molecule has 3 aromatic rings. The van der Waals surface area contributed by atoms with Gasteiger partial charge in [-0.25, -0.2) is 14.8 Å². The van der Waals surface area contributed by atoms with Crippen molar-refractivity contribution in [2.75, 3.05) is 23.8 Å². The molecule has 0 amide bonds. The number of nitrogens with zero attached hydrogens (tertiary/aromatic N) is 3. The first-order valence-electron chi connectivity index (χ1n) is 10.4. The number of pyridine rings is 1. The number of carbonyl (C=O) groups excluding carboxylic acids is 1. The third-order valence-electron chi connectivity index (χ3n) is 5.32. The van der Waals surface area contributed by atoms with Crippen molar-refractivity contribution in [1.29, 1.82) is 0 Å². The van der Waals surface area contributed by atoms with Gasteiger partial charge in [0.15, 0.2) is 22.9 Å². The second-order valence-electron chi connectivity index (χ2n) is 7.33. The quantitative estimate of drug-likeness (QED) is 0.568. The van der Waals surface area contributed by atoms with E-state index >= 15 is 0 Å². The van der Waals surface area contributed by atoms with E-state index in [0.29, 0.717) is 24.8 Å². The van der Waals surface area contributed by atoms with Crippen LogP contribution in [0.1, 0.15) is 34.2 Å². The number of rotatable bonds is 4. The lowest BCUT2D eigenvalue weighted by Crippen LogP contribution is -2.25. The molecule has 0 saturated carbocycles. The van der Waals surface area contributed by atoms with Crippen LogP contribution < -0.4 is 4.90 Å². The molecule has 0 atom stereocenters. The lowest BCUT2D eigenvalue weighted by atomic mass is 10.1. The first-order chi connectivity index (χ1) is 15.7. The first-order valence-corrected chi connectivity index (χ1v) is 11.3. The number of fused-ring (bicyclic) bond motifs is 2. The third kappa shape index (κ3) is 3.67. The van der Waals surface area contributed by atoms with Crippen molar-refractivity contribution >= 4 is 47.3 Å². The van der Waals surface area contributed by atoms with E-state index in [4.69, 9.17) is 9.15 Å². The molecular weight excluding hydrogens is 426 g/mol. The van der Waals surface area contributed by atoms with Crippen LogP contribution in [-0.4, -0.2) is 41.2 Å². The average molecular weight is 448 g/mol. The Bertz CT molecular complexity index is 1250. The van der Waals surface area contributed by atoms with Crippen molar-refractivity contribution in [3.63, 3.8) is 0 Å². The first kappa shape index (κ1) is 20.4. The normalized spacial score (nSPS) is 16.0. The summed E-state index contributed by atoms with van der Waals surface area (Å²) in [5, 5.41) is 11.0. The molecule has 8 heteroatoms. The zero-order chi connectivity index (χ0) is 22.1. The highest BCUT2D eigenvalue weighted by molar-refractivity contribution is 7.99. The maximum Gasteiger partial charge on any atom is 0.347 e. The van der Waals surface area contributed by atoms with Gasteiger partial charge >= 0.3 is 5.97 Å². The molecule has 0 aliphatic carbocycles. The number of aromatic nitrogens is 1. The fraction of sp³-hybridized carbons (Fsp3) is 0.208. The molecule has 2 aromatic heterocycles. The molecule has 1 aromatic carbocycles. The molecule has 4 heterocycles. The summed E-state index contributed by atoms with van der Waals surface area (Å²) in [6, 6.07) is 11.9. The van der Waals surface area contributed by atoms with Gasteiger partial charge in [-0.3, -0.25) is 0 Å². The fourth-order valence-electron chi connectivity index (χ4n) is 3.82. The van der Waals surface area contributed by atoms with E-state index in [1.165, 1.54) is 4.90 Å². The Morgan fingerprint density at radius 3 is 3.06 bits per heavy atom. The maximum atomic E-state index is 12.8. The minimum atomic E-state index is -0.610. The van der Waals surface area contributed by atoms with Gasteiger partial charge in [-0.1, -0.05) is 18.2 Å². The third-order valence-corrected chi connectivity index (χ3v) is 6.42. The molecule has 1 N–H and O–H groups in total. The summed E-state index contributed by atoms with van der Waals surface area (Å²) in [5.41, 5.74) is 2.77. The summed E-state index contributed by atoms with van der Waals surface area (Å²) in [6.07, 6.45) is 5.02. The second kappa shape index (κ2) is 8.55. The van der Waals surface area contributed by atoms with E-state index < -0.39 is 5.97 Å². The Kier molecular flexibility index (Phi) is 5.45. The predicted octanol–water partition coefficient (Wildman–Crippen LogP) is 4.93. The minimum Gasteiger partial charge on any atom is -0.504 e. The van der Waals surface area contributed by atoms with Gasteiger partial charge in [-0.05, 0) is 36.8 Å². The predicted molar refractivity (Wildman–Crippen MR) is 125 cm³/mol. The summed E-state index contributed by atoms with van der Waals surface area (Å²) < 4.78 is 11.3. The van der Waals surface area contributed by atoms with E-state index in [1.807, 2.05) is 29.2 Å². The Morgan fingerprint density at radius 2 is 2.19 bits per heavy atom. The van der Waals surface area contributed by atoms with Crippen LogP contribution >= 0.6 is 11.8 Å². The number of ether oxygens (including phenoxy) is 1. The number of allylic oxidation sites excluding steroid dienone is 1. The maximum absolute atomic E-state index is 12.8. The monoisotopic (exact) mass is 447 g/mol. The van der Waals surface area contributed by atoms with E-state index in [9.17, 15) is 9.90 Å². The molecule has 2 aliphatic rings. The zero-order valence-electron chi connectivity index (χ0n) is 17.4. The molecule has 0 bridgehead atoms. The smallest absolute Gasteiger partial charge is 0.347 e. The summed E-state index contributed by atoms with van der Waals surface area (Å²) in [4.78, 5) is 24.5. The molecule has 0 spiro atoms. The molecule has 0 saturated heterocycles. The Morgan fingerprint density at radius 1 is 1.31 bits per heavy atom. The number of hydrogen-bond donors (Lipinski definition) is 1. The minimum absolute atomic E-state index is 0.0458. The molecule has 32 heavy (non-hydrogen) atoms. The molecule has 0 fully saturated rings. The van der Waals surface area contributed by atoms with Gasteiger partial charge in [0, 0.05) is 47.3 Å². The lowest BCUT2D eigenvalue weighted by molar-refractivity contribution is 0.0523. The van der Waals surface area contributed by atoms with E-state index in [-0.39, 0.29) is 23.7 Å². The van der Waals surface area contributed by atoms with Gasteiger partial charge in [-0.2, -0.15) is 0 Å². The van der Waals surface area contributed by atoms with Gasteiger partial charge in [0.25, 0.3) is 0 Å².